The van der Waals surface area contributed by atoms with Crippen LogP contribution < -0.4 is 5.43 Å². The van der Waals surface area contributed by atoms with Crippen molar-refractivity contribution < 1.29 is 18.0 Å². The van der Waals surface area contributed by atoms with Gasteiger partial charge in [0.2, 0.25) is 0 Å². The normalized spacial score (nSPS) is 11.8. The molecular formula is C21H18F3N3O. The standard InChI is InChI=1S/C21H18F3N3O/c1-14-8-9-19(15(2)11-14)27-10-4-7-18(27)13-25-26-20(28)16-5-3-6-17(12-16)21(22,23)24/h3-13H,1-2H3,(H,26,28)/b25-13-. The lowest BCUT2D eigenvalue weighted by molar-refractivity contribution is -0.137. The zero-order valence-electron chi connectivity index (χ0n) is 15.3. The van der Waals surface area contributed by atoms with Crippen LogP contribution in [0.15, 0.2) is 65.9 Å². The van der Waals surface area contributed by atoms with E-state index in [1.165, 1.54) is 18.3 Å². The molecule has 0 atom stereocenters. The van der Waals surface area contributed by atoms with Gasteiger partial charge in [0, 0.05) is 17.4 Å². The number of hydrazone groups is 1. The van der Waals surface area contributed by atoms with E-state index in [9.17, 15) is 18.0 Å². The molecule has 1 aromatic heterocycles. The molecule has 1 heterocycles. The summed E-state index contributed by atoms with van der Waals surface area (Å²) in [5, 5.41) is 3.89. The molecule has 4 nitrogen and oxygen atoms in total. The van der Waals surface area contributed by atoms with Crippen molar-refractivity contribution in [1.82, 2.24) is 9.99 Å². The molecule has 28 heavy (non-hydrogen) atoms. The van der Waals surface area contributed by atoms with Gasteiger partial charge >= 0.3 is 6.18 Å². The minimum atomic E-state index is -4.51. The molecule has 0 aliphatic heterocycles. The van der Waals surface area contributed by atoms with Crippen molar-refractivity contribution in [3.05, 3.63) is 88.7 Å². The van der Waals surface area contributed by atoms with Crippen LogP contribution in [-0.2, 0) is 6.18 Å². The molecule has 0 radical (unpaired) electrons. The van der Waals surface area contributed by atoms with Crippen molar-refractivity contribution in [3.63, 3.8) is 0 Å². The topological polar surface area (TPSA) is 46.4 Å². The van der Waals surface area contributed by atoms with Crippen LogP contribution in [0, 0.1) is 13.8 Å². The van der Waals surface area contributed by atoms with Gasteiger partial charge in [0.1, 0.15) is 0 Å². The first kappa shape index (κ1) is 19.4. The van der Waals surface area contributed by atoms with Crippen molar-refractivity contribution in [2.24, 2.45) is 5.10 Å². The van der Waals surface area contributed by atoms with Gasteiger partial charge in [-0.25, -0.2) is 5.43 Å². The SMILES string of the molecule is Cc1ccc(-n2cccc2/C=N\NC(=O)c2cccc(C(F)(F)F)c2)c(C)c1. The molecular weight excluding hydrogens is 367 g/mol. The average molecular weight is 385 g/mol. The molecule has 0 aliphatic carbocycles. The third-order valence-corrected chi connectivity index (χ3v) is 4.21. The minimum Gasteiger partial charge on any atom is -0.315 e. The van der Waals surface area contributed by atoms with E-state index in [0.29, 0.717) is 0 Å². The van der Waals surface area contributed by atoms with Gasteiger partial charge in [-0.2, -0.15) is 18.3 Å². The van der Waals surface area contributed by atoms with Gasteiger partial charge in [0.05, 0.1) is 17.5 Å². The maximum absolute atomic E-state index is 12.8. The summed E-state index contributed by atoms with van der Waals surface area (Å²) in [5.74, 6) is -0.716. The number of amides is 1. The van der Waals surface area contributed by atoms with Crippen LogP contribution in [0.4, 0.5) is 13.2 Å². The zero-order valence-corrected chi connectivity index (χ0v) is 15.3. The second-order valence-electron chi connectivity index (χ2n) is 6.37. The summed E-state index contributed by atoms with van der Waals surface area (Å²) in [4.78, 5) is 12.1. The number of hydrogen-bond acceptors (Lipinski definition) is 2. The largest absolute Gasteiger partial charge is 0.416 e. The van der Waals surface area contributed by atoms with Gasteiger partial charge in [0.25, 0.3) is 5.91 Å². The summed E-state index contributed by atoms with van der Waals surface area (Å²) >= 11 is 0. The molecule has 3 rings (SSSR count). The fourth-order valence-electron chi connectivity index (χ4n) is 2.85. The summed E-state index contributed by atoms with van der Waals surface area (Å²) < 4.78 is 40.2. The number of aromatic nitrogens is 1. The van der Waals surface area contributed by atoms with Gasteiger partial charge in [0.15, 0.2) is 0 Å². The van der Waals surface area contributed by atoms with Crippen LogP contribution >= 0.6 is 0 Å². The zero-order chi connectivity index (χ0) is 20.3. The van der Waals surface area contributed by atoms with E-state index in [-0.39, 0.29) is 5.56 Å². The summed E-state index contributed by atoms with van der Waals surface area (Å²) in [6.07, 6.45) is -1.19. The third kappa shape index (κ3) is 4.31. The minimum absolute atomic E-state index is 0.114. The number of benzene rings is 2. The fourth-order valence-corrected chi connectivity index (χ4v) is 2.85. The Morgan fingerprint density at radius 3 is 2.57 bits per heavy atom. The van der Waals surface area contributed by atoms with E-state index in [2.05, 4.69) is 16.6 Å². The molecule has 1 N–H and O–H groups in total. The van der Waals surface area contributed by atoms with Crippen LogP contribution in [0.2, 0.25) is 0 Å². The number of hydrogen-bond donors (Lipinski definition) is 1. The number of alkyl halides is 3. The molecule has 0 spiro atoms. The maximum Gasteiger partial charge on any atom is 0.416 e. The van der Waals surface area contributed by atoms with E-state index in [4.69, 9.17) is 0 Å². The average Bonchev–Trinajstić information content (AvgIpc) is 3.09. The maximum atomic E-state index is 12.8. The van der Waals surface area contributed by atoms with E-state index >= 15 is 0 Å². The van der Waals surface area contributed by atoms with Gasteiger partial charge in [-0.3, -0.25) is 4.79 Å². The summed E-state index contributed by atoms with van der Waals surface area (Å²) in [7, 11) is 0. The molecule has 0 unspecified atom stereocenters. The van der Waals surface area contributed by atoms with Gasteiger partial charge in [-0.1, -0.05) is 23.8 Å². The van der Waals surface area contributed by atoms with Gasteiger partial charge < -0.3 is 4.57 Å². The van der Waals surface area contributed by atoms with Crippen LogP contribution in [0.1, 0.15) is 32.7 Å². The number of carbonyl (C=O) groups excluding carboxylic acids is 1. The lowest BCUT2D eigenvalue weighted by atomic mass is 10.1. The summed E-state index contributed by atoms with van der Waals surface area (Å²) in [5.41, 5.74) is 5.20. The Hall–Kier alpha value is -3.35. The van der Waals surface area contributed by atoms with E-state index in [1.807, 2.05) is 48.9 Å². The Balaban J connectivity index is 1.76. The molecule has 1 amide bonds. The number of aryl methyl sites for hydroxylation is 2. The monoisotopic (exact) mass is 385 g/mol. The predicted octanol–water partition coefficient (Wildman–Crippen LogP) is 4.88. The first-order valence-electron chi connectivity index (χ1n) is 8.51. The van der Waals surface area contributed by atoms with Crippen LogP contribution in [0.3, 0.4) is 0 Å². The van der Waals surface area contributed by atoms with E-state index in [0.717, 1.165) is 34.6 Å². The highest BCUT2D eigenvalue weighted by atomic mass is 19.4. The first-order chi connectivity index (χ1) is 13.3. The van der Waals surface area contributed by atoms with Crippen LogP contribution in [0.25, 0.3) is 5.69 Å². The number of rotatable bonds is 4. The molecule has 144 valence electrons. The Kier molecular flexibility index (Phi) is 5.35. The Morgan fingerprint density at radius 1 is 1.07 bits per heavy atom. The Bertz CT molecular complexity index is 1040. The Morgan fingerprint density at radius 2 is 1.86 bits per heavy atom. The van der Waals surface area contributed by atoms with Gasteiger partial charge in [-0.15, -0.1) is 0 Å². The lowest BCUT2D eigenvalue weighted by Crippen LogP contribution is -2.18. The second-order valence-corrected chi connectivity index (χ2v) is 6.37. The quantitative estimate of drug-likeness (QED) is 0.505. The van der Waals surface area contributed by atoms with Crippen molar-refractivity contribution >= 4 is 12.1 Å². The van der Waals surface area contributed by atoms with Crippen molar-refractivity contribution in [2.75, 3.05) is 0 Å². The molecule has 0 saturated heterocycles. The molecule has 0 bridgehead atoms. The van der Waals surface area contributed by atoms with Crippen molar-refractivity contribution in [2.45, 2.75) is 20.0 Å². The molecule has 0 aliphatic rings. The molecule has 0 saturated carbocycles. The number of halogens is 3. The summed E-state index contributed by atoms with van der Waals surface area (Å²) in [6.45, 7) is 4.01. The van der Waals surface area contributed by atoms with Crippen molar-refractivity contribution in [1.29, 1.82) is 0 Å². The molecule has 3 aromatic rings. The van der Waals surface area contributed by atoms with E-state index in [1.54, 1.807) is 0 Å². The molecule has 2 aromatic carbocycles. The highest BCUT2D eigenvalue weighted by molar-refractivity contribution is 5.95. The highest BCUT2D eigenvalue weighted by Gasteiger charge is 2.30. The number of nitrogens with zero attached hydrogens (tertiary/aromatic N) is 2. The first-order valence-corrected chi connectivity index (χ1v) is 8.51. The lowest BCUT2D eigenvalue weighted by Gasteiger charge is -2.10. The molecule has 0 fully saturated rings. The van der Waals surface area contributed by atoms with E-state index < -0.39 is 17.6 Å². The van der Waals surface area contributed by atoms with Crippen LogP contribution in [0.5, 0.6) is 0 Å². The Labute approximate surface area is 160 Å². The summed E-state index contributed by atoms with van der Waals surface area (Å²) in [6, 6.07) is 13.9. The highest BCUT2D eigenvalue weighted by Crippen LogP contribution is 2.29. The molecule has 7 heteroatoms. The van der Waals surface area contributed by atoms with Crippen molar-refractivity contribution in [3.8, 4) is 5.69 Å². The van der Waals surface area contributed by atoms with Crippen LogP contribution in [-0.4, -0.2) is 16.7 Å². The number of nitrogens with one attached hydrogen (secondary N) is 1. The predicted molar refractivity (Wildman–Crippen MR) is 102 cm³/mol. The second kappa shape index (κ2) is 7.72. The van der Waals surface area contributed by atoms with Gasteiger partial charge in [-0.05, 0) is 55.8 Å². The number of carbonyl (C=O) groups is 1. The third-order valence-electron chi connectivity index (χ3n) is 4.21. The smallest absolute Gasteiger partial charge is 0.315 e. The fraction of sp³-hybridized carbons (Fsp3) is 0.143.